The summed E-state index contributed by atoms with van der Waals surface area (Å²) in [4.78, 5) is 17.1. The van der Waals surface area contributed by atoms with Crippen LogP contribution >= 0.6 is 0 Å². The molecule has 138 valence electrons. The van der Waals surface area contributed by atoms with Crippen LogP contribution in [0.2, 0.25) is 0 Å². The van der Waals surface area contributed by atoms with Crippen LogP contribution in [0.15, 0.2) is 24.3 Å². The highest BCUT2D eigenvalue weighted by Gasteiger charge is 2.13. The first-order chi connectivity index (χ1) is 12.3. The van der Waals surface area contributed by atoms with Crippen LogP contribution in [-0.4, -0.2) is 81.4 Å². The van der Waals surface area contributed by atoms with E-state index in [-0.39, 0.29) is 5.91 Å². The lowest BCUT2D eigenvalue weighted by Gasteiger charge is -2.26. The van der Waals surface area contributed by atoms with Gasteiger partial charge >= 0.3 is 0 Å². The molecule has 0 unspecified atom stereocenters. The van der Waals surface area contributed by atoms with Crippen molar-refractivity contribution in [2.45, 2.75) is 13.0 Å². The van der Waals surface area contributed by atoms with Gasteiger partial charge in [-0.2, -0.15) is 0 Å². The number of carbonyl (C=O) groups excluding carboxylic acids is 1. The largest absolute Gasteiger partial charge is 0.379 e. The van der Waals surface area contributed by atoms with Gasteiger partial charge in [0.15, 0.2) is 0 Å². The van der Waals surface area contributed by atoms with Crippen LogP contribution in [0.1, 0.15) is 22.3 Å². The van der Waals surface area contributed by atoms with Crippen LogP contribution in [-0.2, 0) is 16.0 Å². The Hall–Kier alpha value is -1.47. The van der Waals surface area contributed by atoms with Gasteiger partial charge in [0.05, 0.1) is 26.4 Å². The summed E-state index contributed by atoms with van der Waals surface area (Å²) >= 11 is 0. The fourth-order valence-electron chi connectivity index (χ4n) is 3.26. The van der Waals surface area contributed by atoms with E-state index in [0.29, 0.717) is 6.54 Å². The Morgan fingerprint density at radius 2 is 1.68 bits per heavy atom. The molecule has 0 bridgehead atoms. The Morgan fingerprint density at radius 3 is 2.40 bits per heavy atom. The third-order valence-electron chi connectivity index (χ3n) is 4.74. The van der Waals surface area contributed by atoms with Crippen molar-refractivity contribution in [3.05, 3.63) is 35.4 Å². The van der Waals surface area contributed by atoms with Crippen molar-refractivity contribution >= 4 is 5.91 Å². The Kier molecular flexibility index (Phi) is 7.23. The average Bonchev–Trinajstić information content (AvgIpc) is 2.67. The Bertz CT molecular complexity index is 540. The minimum atomic E-state index is 0.0193. The topological polar surface area (TPSA) is 54.0 Å². The molecule has 1 N–H and O–H groups in total. The van der Waals surface area contributed by atoms with Crippen molar-refractivity contribution in [1.82, 2.24) is 15.1 Å². The molecule has 1 amide bonds. The molecule has 1 aromatic rings. The minimum Gasteiger partial charge on any atom is -0.379 e. The van der Waals surface area contributed by atoms with Crippen molar-refractivity contribution in [1.29, 1.82) is 0 Å². The molecule has 2 aliphatic rings. The second kappa shape index (κ2) is 9.87. The van der Waals surface area contributed by atoms with Gasteiger partial charge in [0.2, 0.25) is 0 Å². The van der Waals surface area contributed by atoms with E-state index in [2.05, 4.69) is 21.2 Å². The summed E-state index contributed by atoms with van der Waals surface area (Å²) < 4.78 is 10.7. The van der Waals surface area contributed by atoms with Gasteiger partial charge in [0, 0.05) is 44.8 Å². The summed E-state index contributed by atoms with van der Waals surface area (Å²) in [5.74, 6) is 0.0193. The maximum absolute atomic E-state index is 12.4. The number of amides is 1. The Morgan fingerprint density at radius 1 is 1.00 bits per heavy atom. The molecular formula is C19H29N3O3. The highest BCUT2D eigenvalue weighted by molar-refractivity contribution is 5.94. The smallest absolute Gasteiger partial charge is 0.251 e. The molecule has 2 fully saturated rings. The lowest BCUT2D eigenvalue weighted by molar-refractivity contribution is 0.0342. The summed E-state index contributed by atoms with van der Waals surface area (Å²) in [6, 6.07) is 7.95. The summed E-state index contributed by atoms with van der Waals surface area (Å²) in [6.45, 7) is 9.74. The molecule has 0 spiro atoms. The summed E-state index contributed by atoms with van der Waals surface area (Å²) in [6.07, 6.45) is 0.971. The number of carbonyl (C=O) groups is 1. The number of rotatable bonds is 7. The van der Waals surface area contributed by atoms with Crippen LogP contribution in [0, 0.1) is 0 Å². The molecule has 6 nitrogen and oxygen atoms in total. The molecular weight excluding hydrogens is 318 g/mol. The number of ether oxygens (including phenoxy) is 2. The molecule has 0 saturated carbocycles. The van der Waals surface area contributed by atoms with Crippen molar-refractivity contribution in [2.75, 3.05) is 65.7 Å². The van der Waals surface area contributed by atoms with E-state index in [4.69, 9.17) is 9.47 Å². The van der Waals surface area contributed by atoms with Gasteiger partial charge in [-0.05, 0) is 30.7 Å². The first-order valence-electron chi connectivity index (χ1n) is 9.28. The van der Waals surface area contributed by atoms with E-state index in [1.54, 1.807) is 0 Å². The number of hydrogen-bond donors (Lipinski definition) is 1. The minimum absolute atomic E-state index is 0.0193. The van der Waals surface area contributed by atoms with E-state index < -0.39 is 0 Å². The molecule has 25 heavy (non-hydrogen) atoms. The summed E-state index contributed by atoms with van der Waals surface area (Å²) in [7, 11) is 0. The molecule has 1 aromatic carbocycles. The maximum Gasteiger partial charge on any atom is 0.251 e. The predicted octanol–water partition coefficient (Wildman–Crippen LogP) is 0.971. The third-order valence-corrected chi connectivity index (χ3v) is 4.74. The van der Waals surface area contributed by atoms with Crippen molar-refractivity contribution in [2.24, 2.45) is 0 Å². The quantitative estimate of drug-likeness (QED) is 0.745. The van der Waals surface area contributed by atoms with Gasteiger partial charge in [-0.15, -0.1) is 0 Å². The van der Waals surface area contributed by atoms with Gasteiger partial charge in [-0.25, -0.2) is 0 Å². The van der Waals surface area contributed by atoms with Gasteiger partial charge in [-0.3, -0.25) is 14.6 Å². The van der Waals surface area contributed by atoms with E-state index in [9.17, 15) is 4.79 Å². The molecule has 6 heteroatoms. The predicted molar refractivity (Wildman–Crippen MR) is 96.7 cm³/mol. The Labute approximate surface area is 150 Å². The van der Waals surface area contributed by atoms with Crippen molar-refractivity contribution in [3.8, 4) is 0 Å². The molecule has 2 aliphatic heterocycles. The Balaban J connectivity index is 1.41. The zero-order valence-electron chi connectivity index (χ0n) is 14.9. The normalized spacial score (nSPS) is 19.7. The highest BCUT2D eigenvalue weighted by Crippen LogP contribution is 2.10. The van der Waals surface area contributed by atoms with Gasteiger partial charge in [-0.1, -0.05) is 12.1 Å². The van der Waals surface area contributed by atoms with Crippen LogP contribution in [0.25, 0.3) is 0 Å². The summed E-state index contributed by atoms with van der Waals surface area (Å²) in [5.41, 5.74) is 1.93. The second-order valence-electron chi connectivity index (χ2n) is 6.65. The number of benzene rings is 1. The number of hydrogen-bond acceptors (Lipinski definition) is 5. The lowest BCUT2D eigenvalue weighted by atomic mass is 10.1. The zero-order chi connectivity index (χ0) is 17.3. The fraction of sp³-hybridized carbons (Fsp3) is 0.632. The number of nitrogens with zero attached hydrogens (tertiary/aromatic N) is 2. The molecule has 0 aliphatic carbocycles. The van der Waals surface area contributed by atoms with E-state index in [1.807, 2.05) is 18.2 Å². The zero-order valence-corrected chi connectivity index (χ0v) is 14.9. The van der Waals surface area contributed by atoms with Crippen molar-refractivity contribution in [3.63, 3.8) is 0 Å². The van der Waals surface area contributed by atoms with Gasteiger partial charge in [0.25, 0.3) is 5.91 Å². The van der Waals surface area contributed by atoms with Gasteiger partial charge < -0.3 is 14.8 Å². The van der Waals surface area contributed by atoms with Crippen LogP contribution in [0.3, 0.4) is 0 Å². The first kappa shape index (κ1) is 18.3. The summed E-state index contributed by atoms with van der Waals surface area (Å²) in [5, 5.41) is 3.04. The maximum atomic E-state index is 12.4. The first-order valence-corrected chi connectivity index (χ1v) is 9.28. The number of nitrogens with one attached hydrogen (secondary N) is 1. The SMILES string of the molecule is O=C(NCCCN1CCOCC1)c1cccc(CN2CCOCC2)c1. The highest BCUT2D eigenvalue weighted by atomic mass is 16.5. The van der Waals surface area contributed by atoms with E-state index in [0.717, 1.165) is 77.7 Å². The third kappa shape index (κ3) is 6.08. The van der Waals surface area contributed by atoms with Crippen LogP contribution < -0.4 is 5.32 Å². The molecule has 0 atom stereocenters. The molecule has 2 heterocycles. The monoisotopic (exact) mass is 347 g/mol. The van der Waals surface area contributed by atoms with Gasteiger partial charge in [0.1, 0.15) is 0 Å². The lowest BCUT2D eigenvalue weighted by Crippen LogP contribution is -2.38. The van der Waals surface area contributed by atoms with Crippen molar-refractivity contribution < 1.29 is 14.3 Å². The molecule has 3 rings (SSSR count). The number of morpholine rings is 2. The molecule has 0 aromatic heterocycles. The molecule has 0 radical (unpaired) electrons. The van der Waals surface area contributed by atoms with Crippen LogP contribution in [0.4, 0.5) is 0 Å². The van der Waals surface area contributed by atoms with Crippen LogP contribution in [0.5, 0.6) is 0 Å². The average molecular weight is 347 g/mol. The standard InChI is InChI=1S/C19H29N3O3/c23-19(20-5-2-6-21-7-11-24-12-8-21)18-4-1-3-17(15-18)16-22-9-13-25-14-10-22/h1,3-4,15H,2,5-14,16H2,(H,20,23). The molecule has 2 saturated heterocycles. The van der Waals surface area contributed by atoms with E-state index in [1.165, 1.54) is 5.56 Å². The van der Waals surface area contributed by atoms with E-state index >= 15 is 0 Å². The second-order valence-corrected chi connectivity index (χ2v) is 6.65. The fourth-order valence-corrected chi connectivity index (χ4v) is 3.26.